The van der Waals surface area contributed by atoms with Crippen LogP contribution in [0.2, 0.25) is 0 Å². The SMILES string of the molecule is CCCCCCCC/C=C\CCCCCCCCNC(=O)OC(CCCC/C=C\CCCCCCCC)CCCNC(=O)OC1CCC(C)(C)N(C)C1(C)C. The third-order valence-corrected chi connectivity index (χ3v) is 12.1. The van der Waals surface area contributed by atoms with Crippen LogP contribution in [0.5, 0.6) is 0 Å². The number of likely N-dealkylation sites (N-methyl/N-ethyl adjacent to an activating group) is 1. The number of alkyl carbamates (subject to hydrolysis) is 2. The molecule has 2 N–H and O–H groups in total. The molecule has 1 rings (SSSR count). The van der Waals surface area contributed by atoms with Crippen LogP contribution in [0.3, 0.4) is 0 Å². The van der Waals surface area contributed by atoms with Crippen LogP contribution in [0.4, 0.5) is 9.59 Å². The lowest BCUT2D eigenvalue weighted by Crippen LogP contribution is -2.63. The van der Waals surface area contributed by atoms with Crippen LogP contribution in [-0.4, -0.2) is 60.5 Å². The van der Waals surface area contributed by atoms with Crippen LogP contribution in [0, 0.1) is 0 Å². The second kappa shape index (κ2) is 33.0. The normalized spacial score (nSPS) is 17.5. The van der Waals surface area contributed by atoms with Gasteiger partial charge >= 0.3 is 12.2 Å². The number of unbranched alkanes of at least 4 members (excludes halogenated alkanes) is 20. The molecule has 0 aromatic rings. The molecule has 7 heteroatoms. The Kier molecular flexibility index (Phi) is 30.6. The zero-order valence-corrected chi connectivity index (χ0v) is 37.5. The van der Waals surface area contributed by atoms with Gasteiger partial charge in [0, 0.05) is 18.6 Å². The van der Waals surface area contributed by atoms with Crippen LogP contribution in [0.25, 0.3) is 0 Å². The second-order valence-electron chi connectivity index (χ2n) is 17.7. The molecule has 0 saturated carbocycles. The number of rotatable bonds is 34. The Morgan fingerprint density at radius 1 is 0.600 bits per heavy atom. The Morgan fingerprint density at radius 3 is 1.55 bits per heavy atom. The number of nitrogens with zero attached hydrogens (tertiary/aromatic N) is 1. The molecule has 2 unspecified atom stereocenters. The first-order valence-electron chi connectivity index (χ1n) is 23.5. The predicted octanol–water partition coefficient (Wildman–Crippen LogP) is 14.1. The van der Waals surface area contributed by atoms with E-state index in [0.29, 0.717) is 13.1 Å². The monoisotopic (exact) mass is 774 g/mol. The quantitative estimate of drug-likeness (QED) is 0.0503. The molecule has 55 heavy (non-hydrogen) atoms. The number of carbonyl (C=O) groups is 2. The van der Waals surface area contributed by atoms with Gasteiger partial charge in [0.05, 0.1) is 5.54 Å². The van der Waals surface area contributed by atoms with E-state index in [0.717, 1.165) is 64.2 Å². The van der Waals surface area contributed by atoms with E-state index in [1.807, 2.05) is 0 Å². The van der Waals surface area contributed by atoms with E-state index in [1.165, 1.54) is 122 Å². The van der Waals surface area contributed by atoms with Crippen molar-refractivity contribution in [3.63, 3.8) is 0 Å². The van der Waals surface area contributed by atoms with E-state index in [-0.39, 0.29) is 35.5 Å². The fraction of sp³-hybridized carbons (Fsp3) is 0.875. The molecule has 1 saturated heterocycles. The molecule has 0 aromatic carbocycles. The lowest BCUT2D eigenvalue weighted by Gasteiger charge is -2.54. The third-order valence-electron chi connectivity index (χ3n) is 12.1. The van der Waals surface area contributed by atoms with Gasteiger partial charge in [-0.25, -0.2) is 9.59 Å². The summed E-state index contributed by atoms with van der Waals surface area (Å²) >= 11 is 0. The molecule has 0 aromatic heterocycles. The molecule has 2 atom stereocenters. The summed E-state index contributed by atoms with van der Waals surface area (Å²) in [5, 5.41) is 5.97. The Morgan fingerprint density at radius 2 is 1.02 bits per heavy atom. The summed E-state index contributed by atoms with van der Waals surface area (Å²) in [4.78, 5) is 27.9. The van der Waals surface area contributed by atoms with Crippen molar-refractivity contribution in [1.82, 2.24) is 15.5 Å². The molecule has 1 heterocycles. The van der Waals surface area contributed by atoms with Crippen LogP contribution in [0.15, 0.2) is 24.3 Å². The minimum atomic E-state index is -0.357. The number of hydrogen-bond acceptors (Lipinski definition) is 5. The Balaban J connectivity index is 2.33. The topological polar surface area (TPSA) is 79.9 Å². The summed E-state index contributed by atoms with van der Waals surface area (Å²) in [5.74, 6) is 0. The number of likely N-dealkylation sites (tertiary alicyclic amines) is 1. The second-order valence-corrected chi connectivity index (χ2v) is 17.7. The van der Waals surface area contributed by atoms with Crippen LogP contribution in [-0.2, 0) is 9.47 Å². The number of carbonyl (C=O) groups excluding carboxylic acids is 2. The first-order chi connectivity index (χ1) is 26.5. The molecule has 0 radical (unpaired) electrons. The van der Waals surface area contributed by atoms with Crippen molar-refractivity contribution < 1.29 is 19.1 Å². The van der Waals surface area contributed by atoms with Gasteiger partial charge < -0.3 is 20.1 Å². The highest BCUT2D eigenvalue weighted by atomic mass is 16.6. The lowest BCUT2D eigenvalue weighted by molar-refractivity contribution is -0.0929. The molecule has 0 bridgehead atoms. The van der Waals surface area contributed by atoms with Crippen molar-refractivity contribution >= 4 is 12.2 Å². The molecule has 0 spiro atoms. The Labute approximate surface area is 341 Å². The van der Waals surface area contributed by atoms with Crippen molar-refractivity contribution in [3.05, 3.63) is 24.3 Å². The number of ether oxygens (including phenoxy) is 2. The smallest absolute Gasteiger partial charge is 0.407 e. The zero-order chi connectivity index (χ0) is 40.5. The largest absolute Gasteiger partial charge is 0.446 e. The van der Waals surface area contributed by atoms with Gasteiger partial charge in [0.1, 0.15) is 12.2 Å². The van der Waals surface area contributed by atoms with Crippen molar-refractivity contribution in [2.24, 2.45) is 0 Å². The standard InChI is InChI=1S/C48H91N3O4/c1-8-10-12-14-16-18-20-22-23-24-25-27-29-31-33-35-41-49-45(52)54-43(37-34-32-30-28-26-21-19-17-15-13-11-9-2)38-36-42-50-46(53)55-44-39-40-47(3,4)51(7)48(44,5)6/h22-23,26,28,43-44H,8-21,24-25,27,29-42H2,1-7H3,(H,49,52)(H,50,53)/b23-22-,28-26-. The predicted molar refractivity (Wildman–Crippen MR) is 236 cm³/mol. The third kappa shape index (κ3) is 26.5. The van der Waals surface area contributed by atoms with Gasteiger partial charge in [-0.3, -0.25) is 4.90 Å². The fourth-order valence-electron chi connectivity index (χ4n) is 7.83. The number of hydrogen-bond donors (Lipinski definition) is 2. The van der Waals surface area contributed by atoms with Gasteiger partial charge in [0.25, 0.3) is 0 Å². The Bertz CT molecular complexity index is 994. The summed E-state index contributed by atoms with van der Waals surface area (Å²) < 4.78 is 11.9. The van der Waals surface area contributed by atoms with Crippen molar-refractivity contribution in [2.75, 3.05) is 20.1 Å². The van der Waals surface area contributed by atoms with Gasteiger partial charge in [-0.05, 0) is 131 Å². The average Bonchev–Trinajstić information content (AvgIpc) is 3.15. The summed E-state index contributed by atoms with van der Waals surface area (Å²) in [5.41, 5.74) is -0.159. The molecule has 0 aliphatic carbocycles. The van der Waals surface area contributed by atoms with E-state index in [9.17, 15) is 9.59 Å². The van der Waals surface area contributed by atoms with Gasteiger partial charge in [-0.2, -0.15) is 0 Å². The molecule has 1 fully saturated rings. The number of piperidine rings is 1. The van der Waals surface area contributed by atoms with E-state index in [4.69, 9.17) is 9.47 Å². The van der Waals surface area contributed by atoms with Gasteiger partial charge in [0.15, 0.2) is 0 Å². The minimum Gasteiger partial charge on any atom is -0.446 e. The average molecular weight is 774 g/mol. The Hall–Kier alpha value is -2.02. The maximum atomic E-state index is 12.8. The van der Waals surface area contributed by atoms with E-state index < -0.39 is 0 Å². The van der Waals surface area contributed by atoms with Gasteiger partial charge in [-0.15, -0.1) is 0 Å². The highest BCUT2D eigenvalue weighted by molar-refractivity contribution is 5.67. The molecular weight excluding hydrogens is 683 g/mol. The summed E-state index contributed by atoms with van der Waals surface area (Å²) in [6, 6.07) is 0. The van der Waals surface area contributed by atoms with E-state index in [1.54, 1.807) is 0 Å². The van der Waals surface area contributed by atoms with Crippen molar-refractivity contribution in [2.45, 2.75) is 251 Å². The molecular formula is C48H91N3O4. The highest BCUT2D eigenvalue weighted by Crippen LogP contribution is 2.38. The molecule has 2 amide bonds. The minimum absolute atomic E-state index is 0.0783. The number of amides is 2. The van der Waals surface area contributed by atoms with Crippen LogP contribution in [0.1, 0.15) is 228 Å². The molecule has 322 valence electrons. The highest BCUT2D eigenvalue weighted by Gasteiger charge is 2.46. The van der Waals surface area contributed by atoms with E-state index >= 15 is 0 Å². The summed E-state index contributed by atoms with van der Waals surface area (Å²) in [6.45, 7) is 14.5. The van der Waals surface area contributed by atoms with E-state index in [2.05, 4.69) is 88.4 Å². The lowest BCUT2D eigenvalue weighted by atomic mass is 9.78. The maximum absolute atomic E-state index is 12.8. The van der Waals surface area contributed by atoms with Crippen LogP contribution < -0.4 is 10.6 Å². The first-order valence-corrected chi connectivity index (χ1v) is 23.5. The van der Waals surface area contributed by atoms with Crippen LogP contribution >= 0.6 is 0 Å². The zero-order valence-electron chi connectivity index (χ0n) is 37.5. The molecule has 7 nitrogen and oxygen atoms in total. The van der Waals surface area contributed by atoms with Crippen molar-refractivity contribution in [1.29, 1.82) is 0 Å². The van der Waals surface area contributed by atoms with Crippen molar-refractivity contribution in [3.8, 4) is 0 Å². The molecule has 1 aliphatic heterocycles. The maximum Gasteiger partial charge on any atom is 0.407 e. The number of allylic oxidation sites excluding steroid dienone is 4. The number of nitrogens with one attached hydrogen (secondary N) is 2. The van der Waals surface area contributed by atoms with Gasteiger partial charge in [0.2, 0.25) is 0 Å². The fourth-order valence-corrected chi connectivity index (χ4v) is 7.83. The van der Waals surface area contributed by atoms with Gasteiger partial charge in [-0.1, -0.05) is 128 Å². The molecule has 1 aliphatic rings. The summed E-state index contributed by atoms with van der Waals surface area (Å²) in [6.07, 6.45) is 42.8. The first kappa shape index (κ1) is 51.0. The summed E-state index contributed by atoms with van der Waals surface area (Å²) in [7, 11) is 2.12.